The van der Waals surface area contributed by atoms with Crippen LogP contribution < -0.4 is 5.32 Å². The number of aliphatic carboxylic acids is 1. The predicted octanol–water partition coefficient (Wildman–Crippen LogP) is 2.24. The van der Waals surface area contributed by atoms with E-state index in [1.54, 1.807) is 12.1 Å². The number of carbonyl (C=O) groups excluding carboxylic acids is 1. The summed E-state index contributed by atoms with van der Waals surface area (Å²) in [5, 5.41) is 10.4. The summed E-state index contributed by atoms with van der Waals surface area (Å²) in [5.41, 5.74) is 2.04. The number of rotatable bonds is 9. The van der Waals surface area contributed by atoms with Crippen LogP contribution >= 0.6 is 0 Å². The maximum absolute atomic E-state index is 13.4. The van der Waals surface area contributed by atoms with E-state index in [2.05, 4.69) is 10.2 Å². The van der Waals surface area contributed by atoms with Crippen molar-refractivity contribution < 1.29 is 36.3 Å². The molecule has 0 aromatic heterocycles. The molecule has 2 aliphatic heterocycles. The quantitative estimate of drug-likeness (QED) is 0.485. The SMILES string of the molecule is Cc1ccc(S(=O)(=O)N(CCCN2CCCC2)CCC(=O)N2CCNCC2)cc1C.O=C(O)C(F)(F)F. The summed E-state index contributed by atoms with van der Waals surface area (Å²) in [4.78, 5) is 26.1. The van der Waals surface area contributed by atoms with Crippen LogP contribution in [0.5, 0.6) is 0 Å². The van der Waals surface area contributed by atoms with Gasteiger partial charge in [0.2, 0.25) is 15.9 Å². The van der Waals surface area contributed by atoms with E-state index in [4.69, 9.17) is 9.90 Å². The lowest BCUT2D eigenvalue weighted by atomic mass is 10.1. The highest BCUT2D eigenvalue weighted by atomic mass is 32.2. The monoisotopic (exact) mass is 550 g/mol. The molecule has 3 rings (SSSR count). The number of sulfonamides is 1. The van der Waals surface area contributed by atoms with Crippen LogP contribution in [0.4, 0.5) is 13.2 Å². The van der Waals surface area contributed by atoms with Gasteiger partial charge in [-0.15, -0.1) is 0 Å². The summed E-state index contributed by atoms with van der Waals surface area (Å²) in [7, 11) is -3.63. The number of nitrogens with one attached hydrogen (secondary N) is 1. The van der Waals surface area contributed by atoms with Gasteiger partial charge in [0, 0.05) is 45.7 Å². The zero-order valence-corrected chi connectivity index (χ0v) is 22.2. The molecule has 0 spiro atoms. The fraction of sp³-hybridized carbons (Fsp3) is 0.667. The van der Waals surface area contributed by atoms with Gasteiger partial charge < -0.3 is 20.2 Å². The number of carboxylic acid groups (broad SMARTS) is 1. The Morgan fingerprint density at radius 1 is 1.03 bits per heavy atom. The number of hydrogen-bond donors (Lipinski definition) is 2. The van der Waals surface area contributed by atoms with E-state index >= 15 is 0 Å². The highest BCUT2D eigenvalue weighted by molar-refractivity contribution is 7.89. The number of nitrogens with zero attached hydrogens (tertiary/aromatic N) is 3. The fourth-order valence-electron chi connectivity index (χ4n) is 4.15. The molecule has 2 aliphatic rings. The highest BCUT2D eigenvalue weighted by Crippen LogP contribution is 2.20. The molecule has 0 bridgehead atoms. The Balaban J connectivity index is 0.000000604. The first-order valence-electron chi connectivity index (χ1n) is 12.4. The second kappa shape index (κ2) is 14.1. The molecule has 0 radical (unpaired) electrons. The number of carboxylic acids is 1. The molecule has 0 saturated carbocycles. The van der Waals surface area contributed by atoms with Crippen LogP contribution in [0.2, 0.25) is 0 Å². The van der Waals surface area contributed by atoms with Crippen LogP contribution in [0.25, 0.3) is 0 Å². The Labute approximate surface area is 216 Å². The van der Waals surface area contributed by atoms with Gasteiger partial charge in [0.05, 0.1) is 4.90 Å². The third-order valence-electron chi connectivity index (χ3n) is 6.48. The van der Waals surface area contributed by atoms with Crippen molar-refractivity contribution in [2.75, 3.05) is 58.9 Å². The number of benzene rings is 1. The normalized spacial score (nSPS) is 17.0. The van der Waals surface area contributed by atoms with Crippen molar-refractivity contribution in [2.24, 2.45) is 0 Å². The summed E-state index contributed by atoms with van der Waals surface area (Å²) < 4.78 is 60.0. The molecule has 13 heteroatoms. The number of aryl methyl sites for hydroxylation is 2. The van der Waals surface area contributed by atoms with Crippen molar-refractivity contribution in [2.45, 2.75) is 50.6 Å². The Hall–Kier alpha value is -2.22. The fourth-order valence-corrected chi connectivity index (χ4v) is 5.71. The van der Waals surface area contributed by atoms with Crippen molar-refractivity contribution in [3.63, 3.8) is 0 Å². The molecule has 1 amide bonds. The van der Waals surface area contributed by atoms with Crippen molar-refractivity contribution in [1.82, 2.24) is 19.4 Å². The first-order chi connectivity index (χ1) is 17.3. The average Bonchev–Trinajstić information content (AvgIpc) is 3.36. The number of amides is 1. The maximum Gasteiger partial charge on any atom is 0.490 e. The number of halogens is 3. The van der Waals surface area contributed by atoms with Crippen LogP contribution in [-0.4, -0.2) is 105 Å². The van der Waals surface area contributed by atoms with Gasteiger partial charge in [-0.05, 0) is 76.0 Å². The number of carbonyl (C=O) groups is 2. The molecule has 210 valence electrons. The van der Waals surface area contributed by atoms with E-state index in [0.717, 1.165) is 50.3 Å². The third kappa shape index (κ3) is 9.87. The molecule has 1 aromatic carbocycles. The van der Waals surface area contributed by atoms with Crippen LogP contribution in [0, 0.1) is 13.8 Å². The molecule has 2 saturated heterocycles. The van der Waals surface area contributed by atoms with E-state index in [0.29, 0.717) is 24.5 Å². The van der Waals surface area contributed by atoms with Crippen molar-refractivity contribution in [3.05, 3.63) is 29.3 Å². The number of hydrogen-bond acceptors (Lipinski definition) is 6. The molecule has 9 nitrogen and oxygen atoms in total. The van der Waals surface area contributed by atoms with Gasteiger partial charge in [-0.2, -0.15) is 17.5 Å². The van der Waals surface area contributed by atoms with Crippen molar-refractivity contribution >= 4 is 21.9 Å². The van der Waals surface area contributed by atoms with Gasteiger partial charge in [0.25, 0.3) is 0 Å². The summed E-state index contributed by atoms with van der Waals surface area (Å²) in [6, 6.07) is 5.29. The van der Waals surface area contributed by atoms with Crippen molar-refractivity contribution in [1.29, 1.82) is 0 Å². The Bertz CT molecular complexity index is 1010. The Morgan fingerprint density at radius 2 is 1.62 bits per heavy atom. The van der Waals surface area contributed by atoms with E-state index in [-0.39, 0.29) is 18.9 Å². The van der Waals surface area contributed by atoms with E-state index in [1.807, 2.05) is 24.8 Å². The topological polar surface area (TPSA) is 110 Å². The third-order valence-corrected chi connectivity index (χ3v) is 8.38. The molecule has 0 unspecified atom stereocenters. The molecule has 2 N–H and O–H groups in total. The lowest BCUT2D eigenvalue weighted by Gasteiger charge is -2.29. The molecule has 0 atom stereocenters. The summed E-state index contributed by atoms with van der Waals surface area (Å²) >= 11 is 0. The summed E-state index contributed by atoms with van der Waals surface area (Å²) in [6.45, 7) is 10.7. The number of piperazine rings is 1. The molecular weight excluding hydrogens is 513 g/mol. The smallest absolute Gasteiger partial charge is 0.475 e. The molecule has 0 aliphatic carbocycles. The van der Waals surface area contributed by atoms with Crippen LogP contribution in [0.1, 0.15) is 36.8 Å². The minimum Gasteiger partial charge on any atom is -0.475 e. The van der Waals surface area contributed by atoms with Gasteiger partial charge in [-0.25, -0.2) is 13.2 Å². The van der Waals surface area contributed by atoms with Crippen LogP contribution in [0.15, 0.2) is 23.1 Å². The van der Waals surface area contributed by atoms with Gasteiger partial charge in [-0.1, -0.05) is 6.07 Å². The second-order valence-corrected chi connectivity index (χ2v) is 11.2. The summed E-state index contributed by atoms with van der Waals surface area (Å²) in [6.07, 6.45) is -1.62. The first-order valence-corrected chi connectivity index (χ1v) is 13.8. The molecule has 2 heterocycles. The highest BCUT2D eigenvalue weighted by Gasteiger charge is 2.38. The minimum atomic E-state index is -5.08. The number of likely N-dealkylation sites (tertiary alicyclic amines) is 1. The van der Waals surface area contributed by atoms with Gasteiger partial charge in [0.1, 0.15) is 0 Å². The average molecular weight is 551 g/mol. The molecular formula is C24H37F3N4O5S. The van der Waals surface area contributed by atoms with E-state index < -0.39 is 22.2 Å². The van der Waals surface area contributed by atoms with E-state index in [9.17, 15) is 26.4 Å². The first kappa shape index (κ1) is 31.0. The summed E-state index contributed by atoms with van der Waals surface area (Å²) in [5.74, 6) is -2.72. The van der Waals surface area contributed by atoms with Crippen molar-refractivity contribution in [3.8, 4) is 0 Å². The molecule has 1 aromatic rings. The maximum atomic E-state index is 13.4. The Morgan fingerprint density at radius 3 is 2.16 bits per heavy atom. The largest absolute Gasteiger partial charge is 0.490 e. The zero-order chi connectivity index (χ0) is 27.6. The molecule has 37 heavy (non-hydrogen) atoms. The van der Waals surface area contributed by atoms with Crippen LogP contribution in [-0.2, 0) is 19.6 Å². The van der Waals surface area contributed by atoms with Gasteiger partial charge in [0.15, 0.2) is 0 Å². The molecule has 2 fully saturated rings. The zero-order valence-electron chi connectivity index (χ0n) is 21.4. The van der Waals surface area contributed by atoms with Gasteiger partial charge in [-0.3, -0.25) is 4.79 Å². The standard InChI is InChI=1S/C22H36N4O3S.C2HF3O2/c1-19-6-7-21(18-20(19)2)30(28,29)26(14-5-13-24-11-3-4-12-24)15-8-22(27)25-16-9-23-10-17-25;3-2(4,5)1(6)7/h6-7,18,23H,3-5,8-17H2,1-2H3;(H,6,7). The van der Waals surface area contributed by atoms with Gasteiger partial charge >= 0.3 is 12.1 Å². The minimum absolute atomic E-state index is 0.0383. The predicted molar refractivity (Wildman–Crippen MR) is 133 cm³/mol. The number of alkyl halides is 3. The second-order valence-electron chi connectivity index (χ2n) is 9.24. The Kier molecular flexibility index (Phi) is 11.8. The van der Waals surface area contributed by atoms with Crippen LogP contribution in [0.3, 0.4) is 0 Å². The lowest BCUT2D eigenvalue weighted by molar-refractivity contribution is -0.192. The van der Waals surface area contributed by atoms with E-state index in [1.165, 1.54) is 17.1 Å². The lowest BCUT2D eigenvalue weighted by Crippen LogP contribution is -2.47.